The van der Waals surface area contributed by atoms with Crippen molar-refractivity contribution in [3.05, 3.63) is 0 Å². The van der Waals surface area contributed by atoms with Gasteiger partial charge in [0, 0.05) is 25.0 Å². The van der Waals surface area contributed by atoms with E-state index >= 15 is 0 Å². The highest BCUT2D eigenvalue weighted by atomic mass is 32.2. The molecule has 4 atom stereocenters. The summed E-state index contributed by atoms with van der Waals surface area (Å²) in [7, 11) is 0. The van der Waals surface area contributed by atoms with E-state index in [4.69, 9.17) is 15.2 Å². The molecule has 4 unspecified atom stereocenters. The molecule has 2 N–H and O–H groups in total. The fourth-order valence-corrected chi connectivity index (χ4v) is 5.33. The molecule has 0 aromatic rings. The molecule has 0 radical (unpaired) electrons. The minimum atomic E-state index is -0.104. The second kappa shape index (κ2) is 5.55. The Labute approximate surface area is 121 Å². The SMILES string of the molecule is CC1(C(N)C2CCOC3(CCSC3)C2)CCCCO1. The van der Waals surface area contributed by atoms with Crippen molar-refractivity contribution in [2.24, 2.45) is 11.7 Å². The summed E-state index contributed by atoms with van der Waals surface area (Å²) in [5.74, 6) is 2.97. The molecule has 3 saturated heterocycles. The summed E-state index contributed by atoms with van der Waals surface area (Å²) in [4.78, 5) is 0. The van der Waals surface area contributed by atoms with E-state index in [1.54, 1.807) is 0 Å². The molecule has 0 aromatic carbocycles. The Hall–Kier alpha value is 0.230. The number of hydrogen-bond donors (Lipinski definition) is 1. The Bertz CT molecular complexity index is 311. The highest BCUT2D eigenvalue weighted by Crippen LogP contribution is 2.43. The zero-order chi connectivity index (χ0) is 13.3. The van der Waals surface area contributed by atoms with Crippen molar-refractivity contribution in [1.29, 1.82) is 0 Å². The molecule has 3 rings (SSSR count). The maximum Gasteiger partial charge on any atom is 0.0807 e. The summed E-state index contributed by atoms with van der Waals surface area (Å²) < 4.78 is 12.2. The molecule has 3 nitrogen and oxygen atoms in total. The molecule has 1 spiro atoms. The van der Waals surface area contributed by atoms with E-state index in [1.165, 1.54) is 25.0 Å². The average Bonchev–Trinajstić information content (AvgIpc) is 2.87. The second-order valence-electron chi connectivity index (χ2n) is 6.73. The first-order valence-corrected chi connectivity index (χ1v) is 8.90. The van der Waals surface area contributed by atoms with Gasteiger partial charge in [-0.25, -0.2) is 0 Å². The van der Waals surface area contributed by atoms with Crippen LogP contribution in [0.15, 0.2) is 0 Å². The molecule has 0 aromatic heterocycles. The Morgan fingerprint density at radius 3 is 2.79 bits per heavy atom. The minimum absolute atomic E-state index is 0.104. The molecular weight excluding hydrogens is 258 g/mol. The lowest BCUT2D eigenvalue weighted by Crippen LogP contribution is -2.56. The van der Waals surface area contributed by atoms with Gasteiger partial charge < -0.3 is 15.2 Å². The molecule has 3 fully saturated rings. The van der Waals surface area contributed by atoms with Gasteiger partial charge in [-0.1, -0.05) is 0 Å². The summed E-state index contributed by atoms with van der Waals surface area (Å²) in [5.41, 5.74) is 6.65. The van der Waals surface area contributed by atoms with Crippen LogP contribution in [-0.4, -0.2) is 42.0 Å². The third kappa shape index (κ3) is 2.82. The van der Waals surface area contributed by atoms with Crippen LogP contribution in [0.25, 0.3) is 0 Å². The van der Waals surface area contributed by atoms with Crippen LogP contribution in [0.5, 0.6) is 0 Å². The van der Waals surface area contributed by atoms with E-state index in [0.717, 1.165) is 38.2 Å². The van der Waals surface area contributed by atoms with Crippen LogP contribution in [0.3, 0.4) is 0 Å². The van der Waals surface area contributed by atoms with Gasteiger partial charge in [0.15, 0.2) is 0 Å². The Morgan fingerprint density at radius 2 is 2.11 bits per heavy atom. The van der Waals surface area contributed by atoms with E-state index in [1.807, 2.05) is 11.8 Å². The minimum Gasteiger partial charge on any atom is -0.374 e. The van der Waals surface area contributed by atoms with Gasteiger partial charge in [0.05, 0.1) is 11.2 Å². The van der Waals surface area contributed by atoms with Gasteiger partial charge in [0.1, 0.15) is 0 Å². The first kappa shape index (κ1) is 14.2. The van der Waals surface area contributed by atoms with Crippen LogP contribution < -0.4 is 5.73 Å². The molecule has 0 saturated carbocycles. The quantitative estimate of drug-likeness (QED) is 0.847. The van der Waals surface area contributed by atoms with Crippen LogP contribution in [0.1, 0.15) is 45.4 Å². The molecular formula is C15H27NO2S. The maximum absolute atomic E-state index is 6.62. The van der Waals surface area contributed by atoms with Crippen molar-refractivity contribution in [1.82, 2.24) is 0 Å². The molecule has 3 heterocycles. The molecule has 3 aliphatic rings. The molecule has 19 heavy (non-hydrogen) atoms. The van der Waals surface area contributed by atoms with Crippen molar-refractivity contribution >= 4 is 11.8 Å². The van der Waals surface area contributed by atoms with Gasteiger partial charge in [-0.05, 0) is 57.1 Å². The summed E-state index contributed by atoms with van der Waals surface area (Å²) in [6.45, 7) is 3.99. The normalized spacial score (nSPS) is 45.5. The van der Waals surface area contributed by atoms with E-state index in [9.17, 15) is 0 Å². The zero-order valence-corrected chi connectivity index (χ0v) is 12.8. The molecule has 0 amide bonds. The largest absolute Gasteiger partial charge is 0.374 e. The summed E-state index contributed by atoms with van der Waals surface area (Å²) in [6.07, 6.45) is 7.02. The highest BCUT2D eigenvalue weighted by Gasteiger charge is 2.46. The van der Waals surface area contributed by atoms with Gasteiger partial charge in [0.25, 0.3) is 0 Å². The fraction of sp³-hybridized carbons (Fsp3) is 1.00. The topological polar surface area (TPSA) is 44.5 Å². The van der Waals surface area contributed by atoms with Crippen molar-refractivity contribution in [2.75, 3.05) is 24.7 Å². The predicted molar refractivity (Wildman–Crippen MR) is 79.5 cm³/mol. The lowest BCUT2D eigenvalue weighted by molar-refractivity contribution is -0.126. The van der Waals surface area contributed by atoms with Gasteiger partial charge in [0.2, 0.25) is 0 Å². The number of nitrogens with two attached hydrogens (primary N) is 1. The average molecular weight is 285 g/mol. The van der Waals surface area contributed by atoms with Crippen molar-refractivity contribution < 1.29 is 9.47 Å². The number of rotatable bonds is 2. The highest BCUT2D eigenvalue weighted by molar-refractivity contribution is 7.99. The zero-order valence-electron chi connectivity index (χ0n) is 12.0. The lowest BCUT2D eigenvalue weighted by atomic mass is 9.74. The van der Waals surface area contributed by atoms with Gasteiger partial charge in [-0.2, -0.15) is 11.8 Å². The Balaban J connectivity index is 1.67. The van der Waals surface area contributed by atoms with Crippen molar-refractivity contribution in [3.8, 4) is 0 Å². The van der Waals surface area contributed by atoms with Crippen LogP contribution in [0.4, 0.5) is 0 Å². The monoisotopic (exact) mass is 285 g/mol. The fourth-order valence-electron chi connectivity index (χ4n) is 3.95. The first-order valence-electron chi connectivity index (χ1n) is 7.75. The smallest absolute Gasteiger partial charge is 0.0807 e. The van der Waals surface area contributed by atoms with E-state index < -0.39 is 0 Å². The molecule has 0 bridgehead atoms. The van der Waals surface area contributed by atoms with E-state index in [-0.39, 0.29) is 17.2 Å². The standard InChI is InChI=1S/C15H27NO2S/c1-14(5-2-3-7-17-14)13(16)12-4-8-18-15(10-12)6-9-19-11-15/h12-13H,2-11,16H2,1H3. The van der Waals surface area contributed by atoms with Crippen molar-refractivity contribution in [3.63, 3.8) is 0 Å². The van der Waals surface area contributed by atoms with Crippen LogP contribution >= 0.6 is 11.8 Å². The van der Waals surface area contributed by atoms with Gasteiger partial charge in [-0.3, -0.25) is 0 Å². The van der Waals surface area contributed by atoms with E-state index in [2.05, 4.69) is 6.92 Å². The molecule has 0 aliphatic carbocycles. The Morgan fingerprint density at radius 1 is 1.21 bits per heavy atom. The molecule has 3 aliphatic heterocycles. The third-order valence-electron chi connectivity index (χ3n) is 5.31. The van der Waals surface area contributed by atoms with Crippen LogP contribution in [0, 0.1) is 5.92 Å². The Kier molecular flexibility index (Phi) is 4.14. The third-order valence-corrected chi connectivity index (χ3v) is 6.53. The number of ether oxygens (including phenoxy) is 2. The number of hydrogen-bond acceptors (Lipinski definition) is 4. The summed E-state index contributed by atoms with van der Waals surface area (Å²) >= 11 is 2.03. The van der Waals surface area contributed by atoms with E-state index in [0.29, 0.717) is 5.92 Å². The van der Waals surface area contributed by atoms with Crippen LogP contribution in [-0.2, 0) is 9.47 Å². The lowest BCUT2D eigenvalue weighted by Gasteiger charge is -2.46. The van der Waals surface area contributed by atoms with Crippen LogP contribution in [0.2, 0.25) is 0 Å². The summed E-state index contributed by atoms with van der Waals surface area (Å²) in [5, 5.41) is 0. The van der Waals surface area contributed by atoms with Crippen molar-refractivity contribution in [2.45, 2.75) is 62.7 Å². The summed E-state index contributed by atoms with van der Waals surface area (Å²) in [6, 6.07) is 0.166. The first-order chi connectivity index (χ1) is 9.14. The molecule has 4 heteroatoms. The van der Waals surface area contributed by atoms with Gasteiger partial charge in [-0.15, -0.1) is 0 Å². The van der Waals surface area contributed by atoms with Gasteiger partial charge >= 0.3 is 0 Å². The number of thioether (sulfide) groups is 1. The second-order valence-corrected chi connectivity index (χ2v) is 7.84. The predicted octanol–water partition coefficient (Wildman–Crippen LogP) is 2.58. The maximum atomic E-state index is 6.62. The molecule has 110 valence electrons.